The predicted octanol–water partition coefficient (Wildman–Crippen LogP) is 1.78. The first-order chi connectivity index (χ1) is 8.47. The zero-order valence-corrected chi connectivity index (χ0v) is 12.0. The topological polar surface area (TPSA) is 69.6 Å². The molecule has 3 atom stereocenters. The van der Waals surface area contributed by atoms with E-state index in [1.54, 1.807) is 4.90 Å². The molecule has 1 saturated heterocycles. The molecular weight excluding hydrogens is 252 g/mol. The second-order valence-electron chi connectivity index (χ2n) is 4.64. The minimum absolute atomic E-state index is 0.139. The highest BCUT2D eigenvalue weighted by atomic mass is 32.2. The molecule has 0 aromatic rings. The Morgan fingerprint density at radius 1 is 1.50 bits per heavy atom. The van der Waals surface area contributed by atoms with Crippen LogP contribution < -0.4 is 5.32 Å². The number of rotatable bonds is 4. The van der Waals surface area contributed by atoms with E-state index < -0.39 is 12.0 Å². The first kappa shape index (κ1) is 15.1. The molecule has 0 saturated carbocycles. The summed E-state index contributed by atoms with van der Waals surface area (Å²) in [5, 5.41) is 12.0. The maximum atomic E-state index is 12.1. The highest BCUT2D eigenvalue weighted by molar-refractivity contribution is 8.00. The van der Waals surface area contributed by atoms with Crippen molar-refractivity contribution >= 4 is 23.8 Å². The van der Waals surface area contributed by atoms with E-state index in [4.69, 9.17) is 5.11 Å². The molecule has 1 heterocycles. The van der Waals surface area contributed by atoms with Crippen LogP contribution in [0.25, 0.3) is 0 Å². The summed E-state index contributed by atoms with van der Waals surface area (Å²) in [5.41, 5.74) is 0. The normalized spacial score (nSPS) is 25.6. The maximum absolute atomic E-state index is 12.1. The Labute approximate surface area is 112 Å². The van der Waals surface area contributed by atoms with Crippen LogP contribution in [0.2, 0.25) is 0 Å². The molecule has 0 spiro atoms. The van der Waals surface area contributed by atoms with Gasteiger partial charge in [-0.05, 0) is 13.3 Å². The van der Waals surface area contributed by atoms with Crippen LogP contribution >= 0.6 is 11.8 Å². The second-order valence-corrected chi connectivity index (χ2v) is 6.12. The third kappa shape index (κ3) is 3.80. The zero-order chi connectivity index (χ0) is 13.7. The molecule has 18 heavy (non-hydrogen) atoms. The van der Waals surface area contributed by atoms with Crippen molar-refractivity contribution in [1.29, 1.82) is 0 Å². The van der Waals surface area contributed by atoms with Gasteiger partial charge in [-0.25, -0.2) is 9.59 Å². The number of carbonyl (C=O) groups excluding carboxylic acids is 1. The molecule has 0 bridgehead atoms. The summed E-state index contributed by atoms with van der Waals surface area (Å²) in [6.45, 7) is 6.69. The minimum Gasteiger partial charge on any atom is -0.480 e. The van der Waals surface area contributed by atoms with Crippen LogP contribution in [-0.4, -0.2) is 51.6 Å². The number of carboxylic acids is 1. The zero-order valence-electron chi connectivity index (χ0n) is 11.2. The van der Waals surface area contributed by atoms with Gasteiger partial charge in [-0.1, -0.05) is 20.3 Å². The molecule has 1 fully saturated rings. The lowest BCUT2D eigenvalue weighted by Crippen LogP contribution is -2.55. The number of aliphatic carboxylic acids is 1. The van der Waals surface area contributed by atoms with E-state index in [2.05, 4.69) is 12.2 Å². The Kier molecular flexibility index (Phi) is 5.78. The lowest BCUT2D eigenvalue weighted by atomic mass is 10.1. The highest BCUT2D eigenvalue weighted by Gasteiger charge is 2.30. The summed E-state index contributed by atoms with van der Waals surface area (Å²) >= 11 is 1.84. The van der Waals surface area contributed by atoms with E-state index in [9.17, 15) is 9.59 Å². The number of nitrogens with one attached hydrogen (secondary N) is 1. The molecule has 0 radical (unpaired) electrons. The average molecular weight is 274 g/mol. The van der Waals surface area contributed by atoms with E-state index in [0.717, 1.165) is 12.2 Å². The Bertz CT molecular complexity index is 312. The molecule has 2 unspecified atom stereocenters. The van der Waals surface area contributed by atoms with Gasteiger partial charge in [0.15, 0.2) is 0 Å². The quantitative estimate of drug-likeness (QED) is 0.820. The standard InChI is InChI=1S/C12H22N2O3S/c1-4-5-10(11(15)16)13-12(17)14-6-7-18-9(3)8(14)2/h8-10H,4-7H2,1-3H3,(H,13,17)(H,15,16)/t8?,9?,10-/m1/s1. The van der Waals surface area contributed by atoms with Crippen LogP contribution in [-0.2, 0) is 4.79 Å². The van der Waals surface area contributed by atoms with Crippen molar-refractivity contribution < 1.29 is 14.7 Å². The number of hydrogen-bond acceptors (Lipinski definition) is 3. The smallest absolute Gasteiger partial charge is 0.326 e. The largest absolute Gasteiger partial charge is 0.480 e. The van der Waals surface area contributed by atoms with Crippen LogP contribution in [0.1, 0.15) is 33.6 Å². The van der Waals surface area contributed by atoms with Gasteiger partial charge in [0, 0.05) is 23.6 Å². The molecule has 2 N–H and O–H groups in total. The van der Waals surface area contributed by atoms with Crippen LogP contribution in [0.5, 0.6) is 0 Å². The van der Waals surface area contributed by atoms with Crippen LogP contribution in [0.3, 0.4) is 0 Å². The third-order valence-corrected chi connectivity index (χ3v) is 4.66. The van der Waals surface area contributed by atoms with E-state index in [1.807, 2.05) is 25.6 Å². The van der Waals surface area contributed by atoms with E-state index in [1.165, 1.54) is 0 Å². The molecule has 104 valence electrons. The summed E-state index contributed by atoms with van der Waals surface area (Å²) < 4.78 is 0. The van der Waals surface area contributed by atoms with E-state index in [0.29, 0.717) is 18.2 Å². The Hall–Kier alpha value is -0.910. The number of amides is 2. The number of nitrogens with zero attached hydrogens (tertiary/aromatic N) is 1. The van der Waals surface area contributed by atoms with Gasteiger partial charge in [0.05, 0.1) is 0 Å². The van der Waals surface area contributed by atoms with Crippen molar-refractivity contribution in [2.45, 2.75) is 50.9 Å². The van der Waals surface area contributed by atoms with Gasteiger partial charge >= 0.3 is 12.0 Å². The maximum Gasteiger partial charge on any atom is 0.326 e. The molecule has 0 aromatic carbocycles. The van der Waals surface area contributed by atoms with Crippen molar-refractivity contribution in [3.8, 4) is 0 Å². The van der Waals surface area contributed by atoms with Crippen molar-refractivity contribution in [2.24, 2.45) is 0 Å². The fourth-order valence-corrected chi connectivity index (χ4v) is 3.10. The number of thioether (sulfide) groups is 1. The molecule has 1 rings (SSSR count). The molecule has 5 nitrogen and oxygen atoms in total. The number of hydrogen-bond donors (Lipinski definition) is 2. The molecule has 0 aliphatic carbocycles. The van der Waals surface area contributed by atoms with Gasteiger partial charge in [0.1, 0.15) is 6.04 Å². The summed E-state index contributed by atoms with van der Waals surface area (Å²) in [6, 6.07) is -0.894. The van der Waals surface area contributed by atoms with Crippen molar-refractivity contribution in [1.82, 2.24) is 10.2 Å². The Morgan fingerprint density at radius 3 is 2.72 bits per heavy atom. The first-order valence-electron chi connectivity index (χ1n) is 6.39. The highest BCUT2D eigenvalue weighted by Crippen LogP contribution is 2.24. The number of carbonyl (C=O) groups is 2. The third-order valence-electron chi connectivity index (χ3n) is 3.32. The lowest BCUT2D eigenvalue weighted by Gasteiger charge is -2.37. The van der Waals surface area contributed by atoms with Gasteiger partial charge in [-0.15, -0.1) is 0 Å². The number of carboxylic acid groups (broad SMARTS) is 1. The van der Waals surface area contributed by atoms with E-state index >= 15 is 0 Å². The van der Waals surface area contributed by atoms with Gasteiger partial charge in [0.2, 0.25) is 0 Å². The fraction of sp³-hybridized carbons (Fsp3) is 0.833. The second kappa shape index (κ2) is 6.87. The summed E-state index contributed by atoms with van der Waals surface area (Å²) in [6.07, 6.45) is 1.20. The molecular formula is C12H22N2O3S. The lowest BCUT2D eigenvalue weighted by molar-refractivity contribution is -0.139. The van der Waals surface area contributed by atoms with Gasteiger partial charge in [-0.2, -0.15) is 11.8 Å². The summed E-state index contributed by atoms with van der Waals surface area (Å²) in [4.78, 5) is 24.8. The number of urea groups is 1. The van der Waals surface area contributed by atoms with Crippen LogP contribution in [0, 0.1) is 0 Å². The van der Waals surface area contributed by atoms with Gasteiger partial charge in [0.25, 0.3) is 0 Å². The molecule has 1 aliphatic heterocycles. The Balaban J connectivity index is 2.60. The first-order valence-corrected chi connectivity index (χ1v) is 7.43. The van der Waals surface area contributed by atoms with Crippen molar-refractivity contribution in [3.63, 3.8) is 0 Å². The minimum atomic E-state index is -0.961. The molecule has 2 amide bonds. The van der Waals surface area contributed by atoms with Gasteiger partial charge in [-0.3, -0.25) is 0 Å². The molecule has 0 aromatic heterocycles. The average Bonchev–Trinajstić information content (AvgIpc) is 2.31. The van der Waals surface area contributed by atoms with Crippen LogP contribution in [0.15, 0.2) is 0 Å². The predicted molar refractivity (Wildman–Crippen MR) is 73.0 cm³/mol. The fourth-order valence-electron chi connectivity index (χ4n) is 2.00. The van der Waals surface area contributed by atoms with Crippen molar-refractivity contribution in [3.05, 3.63) is 0 Å². The Morgan fingerprint density at radius 2 is 2.17 bits per heavy atom. The van der Waals surface area contributed by atoms with E-state index in [-0.39, 0.29) is 12.1 Å². The monoisotopic (exact) mass is 274 g/mol. The summed E-state index contributed by atoms with van der Waals surface area (Å²) in [7, 11) is 0. The molecule has 1 aliphatic rings. The van der Waals surface area contributed by atoms with Gasteiger partial charge < -0.3 is 15.3 Å². The SMILES string of the molecule is CCC[C@@H](NC(=O)N1CCSC(C)C1C)C(=O)O. The van der Waals surface area contributed by atoms with Crippen LogP contribution in [0.4, 0.5) is 4.79 Å². The molecule has 6 heteroatoms. The van der Waals surface area contributed by atoms with Crippen molar-refractivity contribution in [2.75, 3.05) is 12.3 Å². The summed E-state index contributed by atoms with van der Waals surface area (Å²) in [5.74, 6) is -0.0537.